The number of benzene rings is 2. The molecule has 0 spiro atoms. The molecule has 0 fully saturated rings. The molecule has 1 amide bonds. The van der Waals surface area contributed by atoms with Crippen molar-refractivity contribution < 1.29 is 13.2 Å². The molecule has 0 bridgehead atoms. The van der Waals surface area contributed by atoms with E-state index in [1.165, 1.54) is 6.07 Å². The van der Waals surface area contributed by atoms with Crippen LogP contribution in [0.4, 0.5) is 0 Å². The van der Waals surface area contributed by atoms with Crippen LogP contribution in [0.25, 0.3) is 10.8 Å². The predicted octanol–water partition coefficient (Wildman–Crippen LogP) is 1.27. The maximum atomic E-state index is 11.6. The van der Waals surface area contributed by atoms with Gasteiger partial charge in [-0.05, 0) is 22.9 Å². The number of fused-ring (bicyclic) bond motifs is 2. The van der Waals surface area contributed by atoms with Gasteiger partial charge in [0.05, 0.1) is 5.56 Å². The third-order valence-electron chi connectivity index (χ3n) is 2.61. The number of hydrogen-bond donors (Lipinski definition) is 1. The number of amides is 1. The van der Waals surface area contributed by atoms with E-state index >= 15 is 0 Å². The summed E-state index contributed by atoms with van der Waals surface area (Å²) in [5.41, 5.74) is 0.221. The molecule has 0 aliphatic carbocycles. The highest BCUT2D eigenvalue weighted by Crippen LogP contribution is 2.27. The average molecular weight is 233 g/mol. The van der Waals surface area contributed by atoms with Gasteiger partial charge in [0.15, 0.2) is 0 Å². The predicted molar refractivity (Wildman–Crippen MR) is 58.6 cm³/mol. The fourth-order valence-corrected chi connectivity index (χ4v) is 3.04. The van der Waals surface area contributed by atoms with Gasteiger partial charge in [0.25, 0.3) is 15.9 Å². The van der Waals surface area contributed by atoms with Crippen LogP contribution in [0.5, 0.6) is 0 Å². The van der Waals surface area contributed by atoms with E-state index < -0.39 is 15.9 Å². The molecule has 4 nitrogen and oxygen atoms in total. The van der Waals surface area contributed by atoms with E-state index in [0.717, 1.165) is 10.8 Å². The second kappa shape index (κ2) is 2.82. The zero-order chi connectivity index (χ0) is 11.3. The molecule has 1 aliphatic heterocycles. The van der Waals surface area contributed by atoms with Crippen molar-refractivity contribution in [3.8, 4) is 0 Å². The lowest BCUT2D eigenvalue weighted by molar-refractivity contribution is 0.0985. The minimum Gasteiger partial charge on any atom is -0.268 e. The van der Waals surface area contributed by atoms with Gasteiger partial charge in [0.2, 0.25) is 0 Å². The average Bonchev–Trinajstić information content (AvgIpc) is 2.47. The first kappa shape index (κ1) is 9.35. The van der Waals surface area contributed by atoms with E-state index in [0.29, 0.717) is 0 Å². The third-order valence-corrected chi connectivity index (χ3v) is 3.98. The highest BCUT2D eigenvalue weighted by molar-refractivity contribution is 7.90. The second-order valence-corrected chi connectivity index (χ2v) is 5.28. The Morgan fingerprint density at radius 1 is 1.00 bits per heavy atom. The normalized spacial score (nSPS) is 17.1. The second-order valence-electron chi connectivity index (χ2n) is 3.63. The van der Waals surface area contributed by atoms with Crippen LogP contribution in [0.3, 0.4) is 0 Å². The number of nitrogens with one attached hydrogen (secondary N) is 1. The molecule has 1 N–H and O–H groups in total. The maximum Gasteiger partial charge on any atom is 0.266 e. The molecular formula is C11H7NO3S. The van der Waals surface area contributed by atoms with Crippen molar-refractivity contribution in [1.82, 2.24) is 4.72 Å². The highest BCUT2D eigenvalue weighted by Gasteiger charge is 2.32. The van der Waals surface area contributed by atoms with Crippen molar-refractivity contribution in [3.05, 3.63) is 42.0 Å². The molecule has 3 rings (SSSR count). The van der Waals surface area contributed by atoms with E-state index in [1.54, 1.807) is 6.07 Å². The minimum absolute atomic E-state index is 0.0659. The number of carbonyl (C=O) groups is 1. The van der Waals surface area contributed by atoms with Crippen molar-refractivity contribution in [2.75, 3.05) is 0 Å². The van der Waals surface area contributed by atoms with Crippen molar-refractivity contribution in [2.45, 2.75) is 4.90 Å². The summed E-state index contributed by atoms with van der Waals surface area (Å²) in [6.07, 6.45) is 0. The van der Waals surface area contributed by atoms with Crippen molar-refractivity contribution in [3.63, 3.8) is 0 Å². The lowest BCUT2D eigenvalue weighted by Crippen LogP contribution is -2.20. The van der Waals surface area contributed by atoms with Crippen LogP contribution in [0.2, 0.25) is 0 Å². The molecule has 1 heterocycles. The van der Waals surface area contributed by atoms with Gasteiger partial charge in [-0.25, -0.2) is 13.1 Å². The SMILES string of the molecule is O=C1NS(=O)(=O)c2cc3ccccc3cc21. The quantitative estimate of drug-likeness (QED) is 0.745. The summed E-state index contributed by atoms with van der Waals surface area (Å²) in [4.78, 5) is 11.5. The Morgan fingerprint density at radius 2 is 1.62 bits per heavy atom. The standard InChI is InChI=1S/C11H7NO3S/c13-11-9-5-7-3-1-2-4-8(7)6-10(9)16(14,15)12-11/h1-6H,(H,12,13). The largest absolute Gasteiger partial charge is 0.268 e. The number of carbonyl (C=O) groups excluding carboxylic acids is 1. The zero-order valence-corrected chi connectivity index (χ0v) is 8.91. The molecule has 0 aromatic heterocycles. The number of sulfonamides is 1. The molecule has 5 heteroatoms. The molecule has 2 aromatic rings. The molecule has 0 atom stereocenters. The Kier molecular flexibility index (Phi) is 1.65. The lowest BCUT2D eigenvalue weighted by atomic mass is 10.1. The van der Waals surface area contributed by atoms with Crippen LogP contribution in [-0.4, -0.2) is 14.3 Å². The Balaban J connectivity index is 2.47. The molecule has 0 radical (unpaired) electrons. The van der Waals surface area contributed by atoms with Gasteiger partial charge >= 0.3 is 0 Å². The summed E-state index contributed by atoms with van der Waals surface area (Å²) in [5.74, 6) is -0.555. The molecule has 0 unspecified atom stereocenters. The van der Waals surface area contributed by atoms with Gasteiger partial charge in [0, 0.05) is 0 Å². The molecule has 1 aliphatic rings. The Labute approximate surface area is 91.9 Å². The lowest BCUT2D eigenvalue weighted by Gasteiger charge is -1.99. The first-order chi connectivity index (χ1) is 7.58. The first-order valence-electron chi connectivity index (χ1n) is 4.68. The summed E-state index contributed by atoms with van der Waals surface area (Å²) in [6.45, 7) is 0. The van der Waals surface area contributed by atoms with E-state index in [4.69, 9.17) is 0 Å². The monoisotopic (exact) mass is 233 g/mol. The van der Waals surface area contributed by atoms with Crippen molar-refractivity contribution >= 4 is 26.7 Å². The van der Waals surface area contributed by atoms with Gasteiger partial charge in [-0.2, -0.15) is 0 Å². The van der Waals surface area contributed by atoms with E-state index in [9.17, 15) is 13.2 Å². The summed E-state index contributed by atoms with van der Waals surface area (Å²) >= 11 is 0. The molecule has 0 saturated carbocycles. The van der Waals surface area contributed by atoms with Crippen LogP contribution < -0.4 is 4.72 Å². The van der Waals surface area contributed by atoms with Crippen molar-refractivity contribution in [1.29, 1.82) is 0 Å². The van der Waals surface area contributed by atoms with E-state index in [1.807, 2.05) is 29.0 Å². The molecule has 16 heavy (non-hydrogen) atoms. The number of hydrogen-bond acceptors (Lipinski definition) is 3. The third kappa shape index (κ3) is 1.15. The summed E-state index contributed by atoms with van der Waals surface area (Å²) in [5, 5.41) is 1.66. The van der Waals surface area contributed by atoms with Gasteiger partial charge in [-0.3, -0.25) is 4.79 Å². The minimum atomic E-state index is -3.65. The zero-order valence-electron chi connectivity index (χ0n) is 8.10. The van der Waals surface area contributed by atoms with Crippen LogP contribution in [0.15, 0.2) is 41.3 Å². The smallest absolute Gasteiger partial charge is 0.266 e. The summed E-state index contributed by atoms with van der Waals surface area (Å²) in [7, 11) is -3.65. The Bertz CT molecular complexity index is 719. The molecule has 2 aromatic carbocycles. The topological polar surface area (TPSA) is 63.2 Å². The molecule has 0 saturated heterocycles. The van der Waals surface area contributed by atoms with E-state index in [-0.39, 0.29) is 10.5 Å². The number of rotatable bonds is 0. The van der Waals surface area contributed by atoms with Gasteiger partial charge in [-0.15, -0.1) is 0 Å². The Morgan fingerprint density at radius 3 is 2.31 bits per heavy atom. The van der Waals surface area contributed by atoms with Gasteiger partial charge in [-0.1, -0.05) is 24.3 Å². The highest BCUT2D eigenvalue weighted by atomic mass is 32.2. The fourth-order valence-electron chi connectivity index (χ4n) is 1.85. The van der Waals surface area contributed by atoms with Crippen LogP contribution >= 0.6 is 0 Å². The summed E-state index contributed by atoms with van der Waals surface area (Å²) < 4.78 is 25.1. The van der Waals surface area contributed by atoms with E-state index in [2.05, 4.69) is 0 Å². The first-order valence-corrected chi connectivity index (χ1v) is 6.16. The van der Waals surface area contributed by atoms with Crippen LogP contribution in [0, 0.1) is 0 Å². The fraction of sp³-hybridized carbons (Fsp3) is 0. The Hall–Kier alpha value is -1.88. The maximum absolute atomic E-state index is 11.6. The molecular weight excluding hydrogens is 226 g/mol. The van der Waals surface area contributed by atoms with Gasteiger partial charge < -0.3 is 0 Å². The van der Waals surface area contributed by atoms with Crippen LogP contribution in [0.1, 0.15) is 10.4 Å². The van der Waals surface area contributed by atoms with Gasteiger partial charge in [0.1, 0.15) is 4.90 Å². The summed E-state index contributed by atoms with van der Waals surface area (Å²) in [6, 6.07) is 10.5. The van der Waals surface area contributed by atoms with Crippen LogP contribution in [-0.2, 0) is 10.0 Å². The molecule has 80 valence electrons. The van der Waals surface area contributed by atoms with Crippen molar-refractivity contribution in [2.24, 2.45) is 0 Å².